The highest BCUT2D eigenvalue weighted by Gasteiger charge is 2.19. The van der Waals surface area contributed by atoms with Crippen LogP contribution in [0.5, 0.6) is 0 Å². The van der Waals surface area contributed by atoms with E-state index in [4.69, 9.17) is 16.0 Å². The van der Waals surface area contributed by atoms with Crippen LogP contribution < -0.4 is 0 Å². The molecule has 0 unspecified atom stereocenters. The van der Waals surface area contributed by atoms with Crippen molar-refractivity contribution in [2.45, 2.75) is 26.4 Å². The first-order valence-electron chi connectivity index (χ1n) is 8.38. The Morgan fingerprint density at radius 2 is 2.08 bits per heavy atom. The minimum atomic E-state index is -0.0812. The second kappa shape index (κ2) is 8.08. The standard InChI is InChI=1S/C20H21ClN2O2/c1-2-10-23(20(24)19-9-5-12-25-19)15-18-8-4-11-22(18)14-16-6-3-7-17(21)13-16/h3-9,11-13H,2,10,14-15H2,1H3. The van der Waals surface area contributed by atoms with Gasteiger partial charge in [-0.25, -0.2) is 0 Å². The Bertz CT molecular complexity index is 824. The van der Waals surface area contributed by atoms with Gasteiger partial charge in [0.1, 0.15) is 0 Å². The summed E-state index contributed by atoms with van der Waals surface area (Å²) in [5.41, 5.74) is 2.21. The lowest BCUT2D eigenvalue weighted by Crippen LogP contribution is -2.31. The van der Waals surface area contributed by atoms with Crippen LogP contribution in [0.15, 0.2) is 65.4 Å². The largest absolute Gasteiger partial charge is 0.459 e. The molecule has 3 aromatic rings. The van der Waals surface area contributed by atoms with E-state index in [-0.39, 0.29) is 5.91 Å². The Balaban J connectivity index is 1.77. The van der Waals surface area contributed by atoms with Crippen molar-refractivity contribution in [3.63, 3.8) is 0 Å². The third-order valence-electron chi connectivity index (χ3n) is 4.03. The van der Waals surface area contributed by atoms with Crippen LogP contribution in [0, 0.1) is 0 Å². The molecule has 0 saturated heterocycles. The lowest BCUT2D eigenvalue weighted by molar-refractivity contribution is 0.0707. The second-order valence-corrected chi connectivity index (χ2v) is 6.40. The highest BCUT2D eigenvalue weighted by atomic mass is 35.5. The molecule has 2 aromatic heterocycles. The summed E-state index contributed by atoms with van der Waals surface area (Å²) < 4.78 is 7.41. The van der Waals surface area contributed by atoms with Crippen molar-refractivity contribution in [3.05, 3.63) is 83.0 Å². The third kappa shape index (κ3) is 4.34. The monoisotopic (exact) mass is 356 g/mol. The number of carbonyl (C=O) groups excluding carboxylic acids is 1. The smallest absolute Gasteiger partial charge is 0.289 e. The molecule has 0 fully saturated rings. The summed E-state index contributed by atoms with van der Waals surface area (Å²) in [6, 6.07) is 15.3. The first kappa shape index (κ1) is 17.4. The predicted molar refractivity (Wildman–Crippen MR) is 98.7 cm³/mol. The van der Waals surface area contributed by atoms with Crippen LogP contribution in [-0.2, 0) is 13.1 Å². The SMILES string of the molecule is CCCN(Cc1cccn1Cc1cccc(Cl)c1)C(=O)c1ccco1. The van der Waals surface area contributed by atoms with E-state index < -0.39 is 0 Å². The number of halogens is 1. The van der Waals surface area contributed by atoms with Crippen LogP contribution >= 0.6 is 11.6 Å². The molecule has 0 spiro atoms. The van der Waals surface area contributed by atoms with Crippen molar-refractivity contribution in [2.75, 3.05) is 6.54 Å². The fraction of sp³-hybridized carbons (Fsp3) is 0.250. The molecule has 0 aliphatic carbocycles. The summed E-state index contributed by atoms with van der Waals surface area (Å²) >= 11 is 6.08. The van der Waals surface area contributed by atoms with Crippen LogP contribution in [0.4, 0.5) is 0 Å². The van der Waals surface area contributed by atoms with Crippen LogP contribution in [0.2, 0.25) is 5.02 Å². The van der Waals surface area contributed by atoms with Crippen molar-refractivity contribution in [1.29, 1.82) is 0 Å². The number of hydrogen-bond donors (Lipinski definition) is 0. The van der Waals surface area contributed by atoms with Gasteiger partial charge in [0.05, 0.1) is 12.8 Å². The van der Waals surface area contributed by atoms with Crippen LogP contribution in [0.25, 0.3) is 0 Å². The average molecular weight is 357 g/mol. The first-order valence-corrected chi connectivity index (χ1v) is 8.76. The molecule has 0 aliphatic rings. The fourth-order valence-corrected chi connectivity index (χ4v) is 3.07. The molecule has 2 heterocycles. The number of hydrogen-bond acceptors (Lipinski definition) is 2. The van der Waals surface area contributed by atoms with Crippen LogP contribution in [0.1, 0.15) is 35.2 Å². The third-order valence-corrected chi connectivity index (χ3v) is 4.27. The molecule has 25 heavy (non-hydrogen) atoms. The molecular weight excluding hydrogens is 336 g/mol. The maximum absolute atomic E-state index is 12.6. The number of carbonyl (C=O) groups is 1. The fourth-order valence-electron chi connectivity index (χ4n) is 2.85. The second-order valence-electron chi connectivity index (χ2n) is 5.96. The Morgan fingerprint density at radius 1 is 1.20 bits per heavy atom. The molecule has 1 aromatic carbocycles. The number of nitrogens with zero attached hydrogens (tertiary/aromatic N) is 2. The lowest BCUT2D eigenvalue weighted by Gasteiger charge is -2.22. The maximum Gasteiger partial charge on any atom is 0.289 e. The molecule has 0 atom stereocenters. The number of amides is 1. The number of furan rings is 1. The van der Waals surface area contributed by atoms with Crippen LogP contribution in [-0.4, -0.2) is 21.9 Å². The molecule has 3 rings (SSSR count). The van der Waals surface area contributed by atoms with Crippen molar-refractivity contribution in [3.8, 4) is 0 Å². The lowest BCUT2D eigenvalue weighted by atomic mass is 10.2. The van der Waals surface area contributed by atoms with E-state index in [9.17, 15) is 4.79 Å². The van der Waals surface area contributed by atoms with Gasteiger partial charge in [0.25, 0.3) is 5.91 Å². The molecule has 4 nitrogen and oxygen atoms in total. The zero-order chi connectivity index (χ0) is 17.6. The first-order chi connectivity index (χ1) is 12.2. The molecular formula is C20H21ClN2O2. The van der Waals surface area contributed by atoms with E-state index in [2.05, 4.69) is 11.5 Å². The zero-order valence-electron chi connectivity index (χ0n) is 14.2. The summed E-state index contributed by atoms with van der Waals surface area (Å²) in [4.78, 5) is 14.5. The minimum absolute atomic E-state index is 0.0812. The Kier molecular flexibility index (Phi) is 5.61. The Hall–Kier alpha value is -2.46. The van der Waals surface area contributed by atoms with E-state index in [0.29, 0.717) is 18.8 Å². The molecule has 0 N–H and O–H groups in total. The van der Waals surface area contributed by atoms with Gasteiger partial charge in [-0.15, -0.1) is 0 Å². The van der Waals surface area contributed by atoms with E-state index in [0.717, 1.165) is 29.2 Å². The molecule has 1 amide bonds. The number of rotatable bonds is 7. The molecule has 0 saturated carbocycles. The van der Waals surface area contributed by atoms with Crippen molar-refractivity contribution >= 4 is 17.5 Å². The maximum atomic E-state index is 12.6. The van der Waals surface area contributed by atoms with Crippen molar-refractivity contribution in [1.82, 2.24) is 9.47 Å². The normalized spacial score (nSPS) is 10.8. The zero-order valence-corrected chi connectivity index (χ0v) is 14.9. The summed E-state index contributed by atoms with van der Waals surface area (Å²) in [6.07, 6.45) is 4.44. The van der Waals surface area contributed by atoms with Gasteiger partial charge in [0.15, 0.2) is 5.76 Å². The van der Waals surface area contributed by atoms with Crippen molar-refractivity contribution in [2.24, 2.45) is 0 Å². The Morgan fingerprint density at radius 3 is 2.80 bits per heavy atom. The minimum Gasteiger partial charge on any atom is -0.459 e. The van der Waals surface area contributed by atoms with Gasteiger partial charge in [-0.3, -0.25) is 4.79 Å². The predicted octanol–water partition coefficient (Wildman–Crippen LogP) is 4.84. The molecule has 5 heteroatoms. The summed E-state index contributed by atoms with van der Waals surface area (Å²) in [7, 11) is 0. The van der Waals surface area contributed by atoms with Gasteiger partial charge in [0, 0.05) is 30.0 Å². The van der Waals surface area contributed by atoms with Gasteiger partial charge < -0.3 is 13.9 Å². The van der Waals surface area contributed by atoms with Crippen molar-refractivity contribution < 1.29 is 9.21 Å². The quantitative estimate of drug-likeness (QED) is 0.607. The molecule has 0 radical (unpaired) electrons. The summed E-state index contributed by atoms with van der Waals surface area (Å²) in [5, 5.41) is 0.729. The van der Waals surface area contributed by atoms with E-state index in [1.807, 2.05) is 47.5 Å². The van der Waals surface area contributed by atoms with Gasteiger partial charge in [-0.05, 0) is 48.4 Å². The van der Waals surface area contributed by atoms with E-state index >= 15 is 0 Å². The van der Waals surface area contributed by atoms with Gasteiger partial charge in [-0.1, -0.05) is 30.7 Å². The molecule has 0 bridgehead atoms. The summed E-state index contributed by atoms with van der Waals surface area (Å²) in [6.45, 7) is 4.01. The van der Waals surface area contributed by atoms with Gasteiger partial charge in [-0.2, -0.15) is 0 Å². The van der Waals surface area contributed by atoms with E-state index in [1.54, 1.807) is 12.1 Å². The molecule has 130 valence electrons. The average Bonchev–Trinajstić information content (AvgIpc) is 3.26. The van der Waals surface area contributed by atoms with Gasteiger partial charge >= 0.3 is 0 Å². The summed E-state index contributed by atoms with van der Waals surface area (Å²) in [5.74, 6) is 0.295. The highest BCUT2D eigenvalue weighted by Crippen LogP contribution is 2.16. The Labute approximate surface area is 152 Å². The topological polar surface area (TPSA) is 38.4 Å². The van der Waals surface area contributed by atoms with Gasteiger partial charge in [0.2, 0.25) is 0 Å². The molecule has 0 aliphatic heterocycles. The number of benzene rings is 1. The van der Waals surface area contributed by atoms with Crippen LogP contribution in [0.3, 0.4) is 0 Å². The van der Waals surface area contributed by atoms with E-state index in [1.165, 1.54) is 6.26 Å². The highest BCUT2D eigenvalue weighted by molar-refractivity contribution is 6.30. The number of aromatic nitrogens is 1.